The summed E-state index contributed by atoms with van der Waals surface area (Å²) in [6, 6.07) is 20.7. The van der Waals surface area contributed by atoms with E-state index in [0.717, 1.165) is 24.0 Å². The number of anilines is 2. The molecule has 0 bridgehead atoms. The Hall–Kier alpha value is -5.73. The molecule has 7 N–H and O–H groups in total. The number of phenols is 1. The van der Waals surface area contributed by atoms with Crippen molar-refractivity contribution in [2.24, 2.45) is 10.7 Å². The van der Waals surface area contributed by atoms with Crippen LogP contribution in [0.4, 0.5) is 21.1 Å². The molecule has 14 nitrogen and oxygen atoms in total. The van der Waals surface area contributed by atoms with Crippen molar-refractivity contribution >= 4 is 29.5 Å². The fourth-order valence-corrected chi connectivity index (χ4v) is 4.85. The molecule has 1 heterocycles. The summed E-state index contributed by atoms with van der Waals surface area (Å²) in [5, 5.41) is 30.2. The van der Waals surface area contributed by atoms with Crippen LogP contribution in [0.1, 0.15) is 50.3 Å². The first-order valence-electron chi connectivity index (χ1n) is 16.1. The molecule has 1 fully saturated rings. The van der Waals surface area contributed by atoms with Crippen LogP contribution in [0, 0.1) is 0 Å². The van der Waals surface area contributed by atoms with Gasteiger partial charge in [0.1, 0.15) is 30.0 Å². The minimum atomic E-state index is -1.18. The maximum Gasteiger partial charge on any atom is 0.435 e. The van der Waals surface area contributed by atoms with Crippen molar-refractivity contribution < 1.29 is 29.3 Å². The Morgan fingerprint density at radius 3 is 2.46 bits per heavy atom. The largest absolute Gasteiger partial charge is 0.508 e. The minimum absolute atomic E-state index is 0.000732. The number of carbonyl (C=O) groups excluding carboxylic acids is 2. The third kappa shape index (κ3) is 10.4. The number of aromatic nitrogens is 2. The number of carbonyl (C=O) groups is 2. The van der Waals surface area contributed by atoms with Crippen LogP contribution < -0.4 is 27.2 Å². The lowest BCUT2D eigenvalue weighted by atomic mass is 10.1. The summed E-state index contributed by atoms with van der Waals surface area (Å²) >= 11 is 0. The molecule has 3 aromatic carbocycles. The number of ether oxygens (including phenoxy) is 2. The van der Waals surface area contributed by atoms with Gasteiger partial charge in [0.2, 0.25) is 0 Å². The lowest BCUT2D eigenvalue weighted by molar-refractivity contribution is 0.0636. The number of nitrogens with one attached hydrogen (secondary N) is 3. The van der Waals surface area contributed by atoms with Crippen LogP contribution in [0.15, 0.2) is 88.8 Å². The lowest BCUT2D eigenvalue weighted by Crippen LogP contribution is -2.37. The maximum atomic E-state index is 13.6. The summed E-state index contributed by atoms with van der Waals surface area (Å²) in [5.41, 5.74) is 7.89. The Bertz CT molecular complexity index is 1900. The molecule has 1 aliphatic carbocycles. The van der Waals surface area contributed by atoms with Crippen LogP contribution >= 0.6 is 0 Å². The lowest BCUT2D eigenvalue weighted by Gasteiger charge is -2.21. The molecule has 14 heteroatoms. The van der Waals surface area contributed by atoms with Crippen LogP contribution in [0.25, 0.3) is 11.3 Å². The molecule has 1 unspecified atom stereocenters. The molecule has 0 aliphatic heterocycles. The van der Waals surface area contributed by atoms with Crippen LogP contribution in [0.3, 0.4) is 0 Å². The molecule has 5 rings (SSSR count). The van der Waals surface area contributed by atoms with Gasteiger partial charge in [-0.05, 0) is 56.9 Å². The summed E-state index contributed by atoms with van der Waals surface area (Å²) in [5.74, 6) is -0.0154. The normalized spacial score (nSPS) is 13.7. The average molecular weight is 684 g/mol. The van der Waals surface area contributed by atoms with Gasteiger partial charge in [-0.15, -0.1) is 0 Å². The van der Waals surface area contributed by atoms with E-state index >= 15 is 0 Å². The molecule has 1 aromatic heterocycles. The zero-order chi connectivity index (χ0) is 35.8. The van der Waals surface area contributed by atoms with Gasteiger partial charge in [-0.2, -0.15) is 4.99 Å². The number of aliphatic hydroxyl groups excluding tert-OH is 1. The molecule has 0 saturated heterocycles. The van der Waals surface area contributed by atoms with Crippen LogP contribution in [0.5, 0.6) is 5.75 Å². The molecule has 0 radical (unpaired) electrons. The van der Waals surface area contributed by atoms with Crippen LogP contribution in [-0.4, -0.2) is 55.7 Å². The van der Waals surface area contributed by atoms with Crippen molar-refractivity contribution in [3.63, 3.8) is 0 Å². The number of amidine groups is 1. The summed E-state index contributed by atoms with van der Waals surface area (Å²) in [6.45, 7) is 5.34. The first kappa shape index (κ1) is 35.6. The summed E-state index contributed by atoms with van der Waals surface area (Å²) < 4.78 is 11.8. The highest BCUT2D eigenvalue weighted by Crippen LogP contribution is 2.29. The fourth-order valence-electron chi connectivity index (χ4n) is 4.85. The SMILES string of the molecule is CC(C)(C)OC(=O)Nc1cc(O)cc(-c2cnc(NC3CC3)c(=O)n2CC(O)NCc2ccc(/C(N)=N/C(=O)OCc3ccccc3)cc2)c1. The first-order chi connectivity index (χ1) is 23.8. The second-order valence-electron chi connectivity index (χ2n) is 12.9. The molecule has 1 saturated carbocycles. The molecule has 1 atom stereocenters. The topological polar surface area (TPSA) is 202 Å². The Balaban J connectivity index is 1.26. The van der Waals surface area contributed by atoms with E-state index in [1.165, 1.54) is 22.9 Å². The number of nitrogens with two attached hydrogens (primary N) is 1. The third-order valence-corrected chi connectivity index (χ3v) is 7.40. The van der Waals surface area contributed by atoms with Gasteiger partial charge >= 0.3 is 12.2 Å². The van der Waals surface area contributed by atoms with Gasteiger partial charge in [0.05, 0.1) is 18.4 Å². The third-order valence-electron chi connectivity index (χ3n) is 7.40. The highest BCUT2D eigenvalue weighted by atomic mass is 16.6. The monoisotopic (exact) mass is 683 g/mol. The number of aromatic hydroxyl groups is 1. The minimum Gasteiger partial charge on any atom is -0.508 e. The van der Waals surface area contributed by atoms with Gasteiger partial charge in [0, 0.05) is 35.5 Å². The number of aliphatic imine (C=N–C) groups is 1. The van der Waals surface area contributed by atoms with E-state index in [1.807, 2.05) is 30.3 Å². The van der Waals surface area contributed by atoms with Gasteiger partial charge in [-0.25, -0.2) is 14.6 Å². The van der Waals surface area contributed by atoms with Crippen molar-refractivity contribution in [2.45, 2.75) is 71.2 Å². The molecule has 0 spiro atoms. The van der Waals surface area contributed by atoms with E-state index in [2.05, 4.69) is 25.9 Å². The van der Waals surface area contributed by atoms with E-state index in [4.69, 9.17) is 15.2 Å². The highest BCUT2D eigenvalue weighted by molar-refractivity contribution is 6.02. The zero-order valence-corrected chi connectivity index (χ0v) is 28.1. The number of hydrogen-bond donors (Lipinski definition) is 6. The number of amides is 2. The Kier molecular flexibility index (Phi) is 11.1. The Labute approximate surface area is 289 Å². The number of aliphatic hydroxyl groups is 1. The second kappa shape index (κ2) is 15.7. The van der Waals surface area contributed by atoms with E-state index in [9.17, 15) is 24.6 Å². The van der Waals surface area contributed by atoms with E-state index in [0.29, 0.717) is 16.8 Å². The van der Waals surface area contributed by atoms with E-state index < -0.39 is 29.6 Å². The fraction of sp³-hybridized carbons (Fsp3) is 0.306. The number of hydrogen-bond acceptors (Lipinski definition) is 10. The molecule has 50 heavy (non-hydrogen) atoms. The standard InChI is InChI=1S/C36H41N7O7/c1-36(2,3)50-35(48)41-27-15-25(16-28(44)17-27)29-19-39-32(40-26-13-14-26)33(46)43(29)20-30(45)38-18-22-9-11-24(12-10-22)31(37)42-34(47)49-21-23-7-5-4-6-8-23/h4-12,15-17,19,26,30,38,44-45H,13-14,18,20-21H2,1-3H3,(H,39,40)(H,41,48)(H2,37,42,47). The highest BCUT2D eigenvalue weighted by Gasteiger charge is 2.24. The van der Waals surface area contributed by atoms with Crippen LogP contribution in [0.2, 0.25) is 0 Å². The van der Waals surface area contributed by atoms with E-state index in [-0.39, 0.29) is 48.8 Å². The number of rotatable bonds is 12. The number of nitrogens with zero attached hydrogens (tertiary/aromatic N) is 3. The second-order valence-corrected chi connectivity index (χ2v) is 12.9. The number of benzene rings is 3. The van der Waals surface area contributed by atoms with Crippen molar-refractivity contribution in [1.82, 2.24) is 14.9 Å². The van der Waals surface area contributed by atoms with Gasteiger partial charge in [0.15, 0.2) is 5.82 Å². The molecular formula is C36H41N7O7. The summed E-state index contributed by atoms with van der Waals surface area (Å²) in [6.07, 6.45) is 0.639. The first-order valence-corrected chi connectivity index (χ1v) is 16.1. The molecule has 262 valence electrons. The molecule has 2 amide bonds. The quantitative estimate of drug-likeness (QED) is 0.0687. The van der Waals surface area contributed by atoms with Gasteiger partial charge in [-0.3, -0.25) is 20.0 Å². The van der Waals surface area contributed by atoms with Gasteiger partial charge in [-0.1, -0.05) is 54.6 Å². The summed E-state index contributed by atoms with van der Waals surface area (Å²) in [4.78, 5) is 46.3. The van der Waals surface area contributed by atoms with Crippen molar-refractivity contribution in [3.8, 4) is 17.0 Å². The van der Waals surface area contributed by atoms with Crippen molar-refractivity contribution in [2.75, 3.05) is 10.6 Å². The zero-order valence-electron chi connectivity index (χ0n) is 28.1. The average Bonchev–Trinajstić information content (AvgIpc) is 3.88. The molecule has 4 aromatic rings. The van der Waals surface area contributed by atoms with Gasteiger partial charge in [0.25, 0.3) is 5.56 Å². The Morgan fingerprint density at radius 2 is 1.78 bits per heavy atom. The molecule has 1 aliphatic rings. The smallest absolute Gasteiger partial charge is 0.435 e. The van der Waals surface area contributed by atoms with Crippen molar-refractivity contribution in [3.05, 3.63) is 106 Å². The maximum absolute atomic E-state index is 13.6. The predicted molar refractivity (Wildman–Crippen MR) is 189 cm³/mol. The number of phenolic OH excluding ortho intramolecular Hbond substituents is 1. The van der Waals surface area contributed by atoms with Crippen molar-refractivity contribution in [1.29, 1.82) is 0 Å². The van der Waals surface area contributed by atoms with Crippen LogP contribution in [-0.2, 0) is 29.2 Å². The molecular weight excluding hydrogens is 642 g/mol. The van der Waals surface area contributed by atoms with Gasteiger partial charge < -0.3 is 30.7 Å². The Morgan fingerprint density at radius 1 is 1.06 bits per heavy atom. The summed E-state index contributed by atoms with van der Waals surface area (Å²) in [7, 11) is 0. The van der Waals surface area contributed by atoms with E-state index in [1.54, 1.807) is 51.1 Å². The predicted octanol–water partition coefficient (Wildman–Crippen LogP) is 4.69.